The fourth-order valence-electron chi connectivity index (χ4n) is 6.78. The van der Waals surface area contributed by atoms with Crippen LogP contribution in [0.5, 0.6) is 17.2 Å². The maximum absolute atomic E-state index is 13.9. The van der Waals surface area contributed by atoms with Gasteiger partial charge in [-0.2, -0.15) is 0 Å². The lowest BCUT2D eigenvalue weighted by atomic mass is 9.79. The summed E-state index contributed by atoms with van der Waals surface area (Å²) in [5, 5.41) is 17.0. The average Bonchev–Trinajstić information content (AvgIpc) is 3.08. The molecule has 3 fully saturated rings. The summed E-state index contributed by atoms with van der Waals surface area (Å²) in [7, 11) is 1.56. The molecule has 47 heavy (non-hydrogen) atoms. The Morgan fingerprint density at radius 2 is 1.79 bits per heavy atom. The molecule has 3 aliphatic heterocycles. The highest BCUT2D eigenvalue weighted by Gasteiger charge is 2.55. The molecule has 0 bridgehead atoms. The minimum Gasteiger partial charge on any atom is -0.493 e. The summed E-state index contributed by atoms with van der Waals surface area (Å²) >= 11 is 0. The van der Waals surface area contributed by atoms with Gasteiger partial charge in [0.1, 0.15) is 17.3 Å². The van der Waals surface area contributed by atoms with Crippen molar-refractivity contribution in [1.29, 1.82) is 0 Å². The molecule has 0 radical (unpaired) electrons. The van der Waals surface area contributed by atoms with E-state index >= 15 is 0 Å². The number of carbonyl (C=O) groups excluding carboxylic acids is 3. The predicted molar refractivity (Wildman–Crippen MR) is 178 cm³/mol. The van der Waals surface area contributed by atoms with Crippen LogP contribution in [0.4, 0.5) is 5.69 Å². The molecule has 11 nitrogen and oxygen atoms in total. The van der Waals surface area contributed by atoms with Gasteiger partial charge in [-0.1, -0.05) is 39.3 Å². The minimum absolute atomic E-state index is 0.0647. The normalized spacial score (nSPS) is 21.1. The number of likely N-dealkylation sites (tertiary alicyclic amines) is 1. The Morgan fingerprint density at radius 3 is 2.43 bits per heavy atom. The van der Waals surface area contributed by atoms with E-state index in [0.717, 1.165) is 18.4 Å². The summed E-state index contributed by atoms with van der Waals surface area (Å²) in [5.41, 5.74) is 0.861. The third kappa shape index (κ3) is 7.90. The van der Waals surface area contributed by atoms with Gasteiger partial charge in [-0.3, -0.25) is 19.3 Å². The van der Waals surface area contributed by atoms with E-state index in [2.05, 4.69) is 22.5 Å². The van der Waals surface area contributed by atoms with Crippen molar-refractivity contribution in [2.24, 2.45) is 11.8 Å². The van der Waals surface area contributed by atoms with Crippen molar-refractivity contribution >= 4 is 23.4 Å². The first-order valence-corrected chi connectivity index (χ1v) is 17.0. The lowest BCUT2D eigenvalue weighted by Crippen LogP contribution is -2.75. The first kappa shape index (κ1) is 34.7. The number of aliphatic hydroxyl groups is 1. The van der Waals surface area contributed by atoms with Gasteiger partial charge >= 0.3 is 0 Å². The summed E-state index contributed by atoms with van der Waals surface area (Å²) in [5.74, 6) is 1.14. The number of carbonyl (C=O) groups is 3. The Labute approximate surface area is 277 Å². The van der Waals surface area contributed by atoms with Crippen molar-refractivity contribution in [3.8, 4) is 17.2 Å². The number of amides is 3. The van der Waals surface area contributed by atoms with Crippen LogP contribution in [-0.4, -0.2) is 90.3 Å². The van der Waals surface area contributed by atoms with E-state index in [0.29, 0.717) is 88.0 Å². The molecular formula is C36H50N4O7. The smallest absolute Gasteiger partial charge is 0.248 e. The molecule has 1 spiro atoms. The molecule has 0 aromatic heterocycles. The second kappa shape index (κ2) is 15.5. The number of methoxy groups -OCH3 is 1. The zero-order valence-corrected chi connectivity index (χ0v) is 28.1. The summed E-state index contributed by atoms with van der Waals surface area (Å²) in [4.78, 5) is 43.8. The maximum atomic E-state index is 13.9. The predicted octanol–water partition coefficient (Wildman–Crippen LogP) is 4.33. The zero-order chi connectivity index (χ0) is 33.6. The van der Waals surface area contributed by atoms with E-state index in [1.165, 1.54) is 0 Å². The number of anilines is 1. The highest BCUT2D eigenvalue weighted by molar-refractivity contribution is 6.00. The van der Waals surface area contributed by atoms with Crippen LogP contribution in [0.3, 0.4) is 0 Å². The quantitative estimate of drug-likeness (QED) is 0.310. The van der Waals surface area contributed by atoms with Gasteiger partial charge in [-0.05, 0) is 67.9 Å². The van der Waals surface area contributed by atoms with Gasteiger partial charge in [0.05, 0.1) is 13.2 Å². The van der Waals surface area contributed by atoms with E-state index in [1.54, 1.807) is 30.2 Å². The van der Waals surface area contributed by atoms with Crippen molar-refractivity contribution in [3.63, 3.8) is 0 Å². The zero-order valence-electron chi connectivity index (χ0n) is 28.1. The molecule has 2 aromatic carbocycles. The maximum Gasteiger partial charge on any atom is 0.248 e. The molecule has 2 aromatic rings. The number of hydrogen-bond donors (Lipinski definition) is 3. The standard InChI is InChI=1S/C36H50N4O7/c1-5-6-17-40-34(43)31(32(41)26-13-20-46-21-14-26)38-35(44)36(40)15-18-39(19-16-36)23-25-7-10-28(11-8-25)47-29-12-9-27(22-30(29)45-4)37-33(42)24(2)3/h7-12,22,24,26,31-32,41H,5-6,13-21,23H2,1-4H3,(H,37,42)(H,38,44)/t31-,32-/m1/s1. The number of ether oxygens (including phenoxy) is 3. The van der Waals surface area contributed by atoms with Crippen LogP contribution >= 0.6 is 0 Å². The van der Waals surface area contributed by atoms with Crippen molar-refractivity contribution < 1.29 is 33.7 Å². The van der Waals surface area contributed by atoms with Gasteiger partial charge in [0.25, 0.3) is 0 Å². The number of unbranched alkanes of at least 4 members (excludes halogenated alkanes) is 1. The van der Waals surface area contributed by atoms with Gasteiger partial charge in [0.15, 0.2) is 11.5 Å². The van der Waals surface area contributed by atoms with E-state index in [-0.39, 0.29) is 29.6 Å². The summed E-state index contributed by atoms with van der Waals surface area (Å²) in [6.07, 6.45) is 3.26. The minimum atomic E-state index is -0.915. The molecule has 0 saturated carbocycles. The number of benzene rings is 2. The SMILES string of the molecule is CCCCN1C(=O)[C@@H]([C@H](O)C2CCOCC2)NC(=O)C12CCN(Cc1ccc(Oc3ccc(NC(=O)C(C)C)cc3OC)cc1)CC2. The Balaban J connectivity index is 1.19. The molecular weight excluding hydrogens is 600 g/mol. The second-order valence-corrected chi connectivity index (χ2v) is 13.3. The highest BCUT2D eigenvalue weighted by atomic mass is 16.5. The van der Waals surface area contributed by atoms with E-state index in [9.17, 15) is 19.5 Å². The van der Waals surface area contributed by atoms with Gasteiger partial charge < -0.3 is 34.9 Å². The van der Waals surface area contributed by atoms with Crippen molar-refractivity contribution in [2.45, 2.75) is 83.5 Å². The largest absolute Gasteiger partial charge is 0.493 e. The molecule has 5 rings (SSSR count). The van der Waals surface area contributed by atoms with Crippen molar-refractivity contribution in [2.75, 3.05) is 45.3 Å². The third-order valence-electron chi connectivity index (χ3n) is 9.78. The van der Waals surface area contributed by atoms with E-state index < -0.39 is 17.7 Å². The molecule has 0 unspecified atom stereocenters. The Bertz CT molecular complexity index is 1380. The Kier molecular flexibility index (Phi) is 11.4. The van der Waals surface area contributed by atoms with Gasteiger partial charge in [0, 0.05) is 57.1 Å². The van der Waals surface area contributed by atoms with Gasteiger partial charge in [0.2, 0.25) is 17.7 Å². The Morgan fingerprint density at radius 1 is 1.09 bits per heavy atom. The molecule has 2 atom stereocenters. The molecule has 3 saturated heterocycles. The van der Waals surface area contributed by atoms with Gasteiger partial charge in [-0.25, -0.2) is 0 Å². The number of rotatable bonds is 12. The topological polar surface area (TPSA) is 130 Å². The van der Waals surface area contributed by atoms with Crippen LogP contribution in [0, 0.1) is 11.8 Å². The number of aliphatic hydroxyl groups excluding tert-OH is 1. The molecule has 3 aliphatic rings. The fraction of sp³-hybridized carbons (Fsp3) is 0.583. The molecule has 0 aliphatic carbocycles. The second-order valence-electron chi connectivity index (χ2n) is 13.3. The number of nitrogens with zero attached hydrogens (tertiary/aromatic N) is 2. The van der Waals surface area contributed by atoms with Gasteiger partial charge in [-0.15, -0.1) is 0 Å². The molecule has 256 valence electrons. The number of nitrogens with one attached hydrogen (secondary N) is 2. The molecule has 3 N–H and O–H groups in total. The van der Waals surface area contributed by atoms with Crippen LogP contribution in [0.2, 0.25) is 0 Å². The van der Waals surface area contributed by atoms with E-state index in [1.807, 2.05) is 38.1 Å². The van der Waals surface area contributed by atoms with Crippen LogP contribution < -0.4 is 20.1 Å². The first-order valence-electron chi connectivity index (χ1n) is 17.0. The number of piperidine rings is 1. The van der Waals surface area contributed by atoms with Crippen LogP contribution in [0.1, 0.15) is 64.9 Å². The van der Waals surface area contributed by atoms with Crippen LogP contribution in [0.15, 0.2) is 42.5 Å². The molecule has 3 heterocycles. The number of piperazine rings is 1. The summed E-state index contributed by atoms with van der Waals surface area (Å²) < 4.78 is 17.0. The van der Waals surface area contributed by atoms with Crippen LogP contribution in [0.25, 0.3) is 0 Å². The Hall–Kier alpha value is -3.67. The molecule has 11 heteroatoms. The average molecular weight is 651 g/mol. The summed E-state index contributed by atoms with van der Waals surface area (Å²) in [6, 6.07) is 12.3. The third-order valence-corrected chi connectivity index (χ3v) is 9.78. The number of hydrogen-bond acceptors (Lipinski definition) is 8. The molecule has 3 amide bonds. The fourth-order valence-corrected chi connectivity index (χ4v) is 6.78. The monoisotopic (exact) mass is 650 g/mol. The highest BCUT2D eigenvalue weighted by Crippen LogP contribution is 2.37. The lowest BCUT2D eigenvalue weighted by Gasteiger charge is -2.52. The lowest BCUT2D eigenvalue weighted by molar-refractivity contribution is -0.166. The van der Waals surface area contributed by atoms with E-state index in [4.69, 9.17) is 14.2 Å². The van der Waals surface area contributed by atoms with Crippen molar-refractivity contribution in [1.82, 2.24) is 15.1 Å². The van der Waals surface area contributed by atoms with Crippen LogP contribution in [-0.2, 0) is 25.7 Å². The summed E-state index contributed by atoms with van der Waals surface area (Å²) in [6.45, 7) is 9.45. The first-order chi connectivity index (χ1) is 22.6. The van der Waals surface area contributed by atoms with Crippen molar-refractivity contribution in [3.05, 3.63) is 48.0 Å².